The van der Waals surface area contributed by atoms with Crippen molar-refractivity contribution < 1.29 is 28.3 Å². The monoisotopic (exact) mass is 501 g/mol. The molecule has 2 aliphatic rings. The fraction of sp³-hybridized carbons (Fsp3) is 0.400. The van der Waals surface area contributed by atoms with Crippen molar-refractivity contribution in [3.8, 4) is 11.4 Å². The molecule has 0 amide bonds. The molecule has 0 bridgehead atoms. The summed E-state index contributed by atoms with van der Waals surface area (Å²) < 4.78 is 30.7. The van der Waals surface area contributed by atoms with Gasteiger partial charge < -0.3 is 19.1 Å². The van der Waals surface area contributed by atoms with Crippen LogP contribution in [0.15, 0.2) is 47.0 Å². The van der Waals surface area contributed by atoms with E-state index in [-0.39, 0.29) is 29.5 Å². The zero-order chi connectivity index (χ0) is 24.4. The minimum absolute atomic E-state index is 0.0222. The van der Waals surface area contributed by atoms with E-state index in [4.69, 9.17) is 30.7 Å². The first-order chi connectivity index (χ1) is 16.9. The summed E-state index contributed by atoms with van der Waals surface area (Å²) in [6.45, 7) is 2.16. The number of aromatic nitrogens is 2. The van der Waals surface area contributed by atoms with Gasteiger partial charge in [0.1, 0.15) is 18.5 Å². The van der Waals surface area contributed by atoms with Gasteiger partial charge in [0, 0.05) is 30.1 Å². The molecule has 2 heterocycles. The van der Waals surface area contributed by atoms with Crippen molar-refractivity contribution in [2.24, 2.45) is 0 Å². The molecule has 8 nitrogen and oxygen atoms in total. The molecule has 1 N–H and O–H groups in total. The number of carbonyl (C=O) groups is 1. The minimum atomic E-state index is -1.28. The molecular weight excluding hydrogens is 477 g/mol. The molecule has 1 saturated carbocycles. The SMILES string of the molecule is O=C(O)OC1CN(Cc2ccc(-c3noc(COCC4(c5ccc(Cl)cc5)CCC4)n3)c(F)c2)C1. The quantitative estimate of drug-likeness (QED) is 0.407. The van der Waals surface area contributed by atoms with Crippen LogP contribution in [0.4, 0.5) is 9.18 Å². The van der Waals surface area contributed by atoms with Crippen LogP contribution >= 0.6 is 11.6 Å². The van der Waals surface area contributed by atoms with E-state index in [1.807, 2.05) is 29.2 Å². The van der Waals surface area contributed by atoms with Crippen molar-refractivity contribution in [2.75, 3.05) is 19.7 Å². The van der Waals surface area contributed by atoms with Crippen LogP contribution in [-0.2, 0) is 28.0 Å². The predicted octanol–water partition coefficient (Wildman–Crippen LogP) is 5.05. The molecule has 0 radical (unpaired) electrons. The smallest absolute Gasteiger partial charge is 0.450 e. The summed E-state index contributed by atoms with van der Waals surface area (Å²) in [5, 5.41) is 13.3. The Bertz CT molecular complexity index is 1190. The van der Waals surface area contributed by atoms with Crippen molar-refractivity contribution in [2.45, 2.75) is 43.9 Å². The number of rotatable bonds is 9. The Morgan fingerprint density at radius 3 is 2.66 bits per heavy atom. The van der Waals surface area contributed by atoms with Crippen LogP contribution in [0.25, 0.3) is 11.4 Å². The highest BCUT2D eigenvalue weighted by atomic mass is 35.5. The first-order valence-corrected chi connectivity index (χ1v) is 11.9. The third kappa shape index (κ3) is 5.32. The van der Waals surface area contributed by atoms with Crippen molar-refractivity contribution in [3.05, 3.63) is 70.3 Å². The molecule has 35 heavy (non-hydrogen) atoms. The highest BCUT2D eigenvalue weighted by Gasteiger charge is 2.39. The van der Waals surface area contributed by atoms with Gasteiger partial charge in [0.05, 0.1) is 12.2 Å². The number of carboxylic acid groups (broad SMARTS) is 1. The van der Waals surface area contributed by atoms with E-state index in [9.17, 15) is 9.18 Å². The largest absolute Gasteiger partial charge is 0.506 e. The number of benzene rings is 2. The molecule has 10 heteroatoms. The molecule has 184 valence electrons. The number of ether oxygens (including phenoxy) is 2. The summed E-state index contributed by atoms with van der Waals surface area (Å²) in [7, 11) is 0. The van der Waals surface area contributed by atoms with E-state index >= 15 is 0 Å². The molecule has 0 spiro atoms. The molecule has 1 saturated heterocycles. The van der Waals surface area contributed by atoms with Crippen molar-refractivity contribution >= 4 is 17.8 Å². The Morgan fingerprint density at radius 1 is 1.23 bits per heavy atom. The number of nitrogens with zero attached hydrogens (tertiary/aromatic N) is 3. The van der Waals surface area contributed by atoms with Crippen LogP contribution in [-0.4, -0.2) is 52.1 Å². The molecule has 1 aliphatic heterocycles. The fourth-order valence-electron chi connectivity index (χ4n) is 4.65. The summed E-state index contributed by atoms with van der Waals surface area (Å²) >= 11 is 6.02. The summed E-state index contributed by atoms with van der Waals surface area (Å²) in [5.41, 5.74) is 2.20. The second-order valence-electron chi connectivity index (χ2n) is 9.16. The van der Waals surface area contributed by atoms with Gasteiger partial charge in [0.15, 0.2) is 0 Å². The van der Waals surface area contributed by atoms with Crippen LogP contribution < -0.4 is 0 Å². The van der Waals surface area contributed by atoms with Gasteiger partial charge in [-0.3, -0.25) is 4.90 Å². The zero-order valence-electron chi connectivity index (χ0n) is 19.0. The fourth-order valence-corrected chi connectivity index (χ4v) is 4.77. The average Bonchev–Trinajstić information content (AvgIpc) is 3.23. The van der Waals surface area contributed by atoms with Crippen LogP contribution in [0, 0.1) is 5.82 Å². The topological polar surface area (TPSA) is 97.9 Å². The Balaban J connectivity index is 1.15. The van der Waals surface area contributed by atoms with E-state index in [1.54, 1.807) is 12.1 Å². The lowest BCUT2D eigenvalue weighted by molar-refractivity contribution is -0.0363. The standard InChI is InChI=1S/C25H25ClFN3O5/c26-18-5-3-17(4-6-18)25(8-1-9-25)15-33-14-22-28-23(29-35-22)20-7-2-16(10-21(20)27)11-30-12-19(13-30)34-24(31)32/h2-7,10,19H,1,8-9,11-15H2,(H,31,32). The van der Waals surface area contributed by atoms with Crippen molar-refractivity contribution in [1.82, 2.24) is 15.0 Å². The molecule has 5 rings (SSSR count). The lowest BCUT2D eigenvalue weighted by atomic mass is 9.65. The maximum Gasteiger partial charge on any atom is 0.506 e. The molecule has 0 atom stereocenters. The van der Waals surface area contributed by atoms with Crippen LogP contribution in [0.5, 0.6) is 0 Å². The van der Waals surface area contributed by atoms with Gasteiger partial charge >= 0.3 is 6.16 Å². The second-order valence-corrected chi connectivity index (χ2v) is 9.60. The molecule has 3 aromatic rings. The highest BCUT2D eigenvalue weighted by molar-refractivity contribution is 6.30. The van der Waals surface area contributed by atoms with Crippen molar-refractivity contribution in [1.29, 1.82) is 0 Å². The maximum absolute atomic E-state index is 14.8. The van der Waals surface area contributed by atoms with Crippen molar-refractivity contribution in [3.63, 3.8) is 0 Å². The summed E-state index contributed by atoms with van der Waals surface area (Å²) in [6, 6.07) is 12.7. The van der Waals surface area contributed by atoms with E-state index in [2.05, 4.69) is 10.1 Å². The van der Waals surface area contributed by atoms with Gasteiger partial charge in [-0.15, -0.1) is 0 Å². The summed E-state index contributed by atoms with van der Waals surface area (Å²) in [6.07, 6.45) is 1.64. The lowest BCUT2D eigenvalue weighted by Crippen LogP contribution is -2.52. The average molecular weight is 502 g/mol. The Kier molecular flexibility index (Phi) is 6.73. The number of halogens is 2. The second kappa shape index (κ2) is 9.93. The molecule has 1 aliphatic carbocycles. The Morgan fingerprint density at radius 2 is 2.00 bits per heavy atom. The van der Waals surface area contributed by atoms with Crippen LogP contribution in [0.3, 0.4) is 0 Å². The minimum Gasteiger partial charge on any atom is -0.450 e. The number of hydrogen-bond acceptors (Lipinski definition) is 7. The van der Waals surface area contributed by atoms with E-state index < -0.39 is 12.0 Å². The van der Waals surface area contributed by atoms with Gasteiger partial charge in [-0.05, 0) is 48.2 Å². The Labute approximate surface area is 206 Å². The maximum atomic E-state index is 14.8. The first kappa shape index (κ1) is 23.7. The number of likely N-dealkylation sites (tertiary alicyclic amines) is 1. The van der Waals surface area contributed by atoms with Gasteiger partial charge in [-0.1, -0.05) is 41.4 Å². The van der Waals surface area contributed by atoms with Gasteiger partial charge in [0.2, 0.25) is 5.82 Å². The van der Waals surface area contributed by atoms with E-state index in [1.165, 1.54) is 11.6 Å². The molecule has 2 aromatic carbocycles. The highest BCUT2D eigenvalue weighted by Crippen LogP contribution is 2.44. The van der Waals surface area contributed by atoms with Crippen LogP contribution in [0.1, 0.15) is 36.3 Å². The van der Waals surface area contributed by atoms with E-state index in [0.717, 1.165) is 24.8 Å². The number of hydrogen-bond donors (Lipinski definition) is 1. The molecule has 2 fully saturated rings. The molecule has 0 unspecified atom stereocenters. The summed E-state index contributed by atoms with van der Waals surface area (Å²) in [5.74, 6) is 0.00692. The van der Waals surface area contributed by atoms with E-state index in [0.29, 0.717) is 37.2 Å². The Hall–Kier alpha value is -3.01. The molecule has 1 aromatic heterocycles. The van der Waals surface area contributed by atoms with Crippen LogP contribution in [0.2, 0.25) is 5.02 Å². The first-order valence-electron chi connectivity index (χ1n) is 11.5. The van der Waals surface area contributed by atoms with Gasteiger partial charge in [-0.2, -0.15) is 4.98 Å². The third-order valence-corrected chi connectivity index (χ3v) is 6.96. The third-order valence-electron chi connectivity index (χ3n) is 6.71. The molecular formula is C25H25ClFN3O5. The predicted molar refractivity (Wildman–Crippen MR) is 125 cm³/mol. The van der Waals surface area contributed by atoms with Gasteiger partial charge in [0.25, 0.3) is 5.89 Å². The van der Waals surface area contributed by atoms with Gasteiger partial charge in [-0.25, -0.2) is 9.18 Å². The lowest BCUT2D eigenvalue weighted by Gasteiger charge is -2.42. The summed E-state index contributed by atoms with van der Waals surface area (Å²) in [4.78, 5) is 16.8. The normalized spacial score (nSPS) is 17.5. The zero-order valence-corrected chi connectivity index (χ0v) is 19.7.